The van der Waals surface area contributed by atoms with Gasteiger partial charge in [0.15, 0.2) is 11.7 Å². The summed E-state index contributed by atoms with van der Waals surface area (Å²) in [6, 6.07) is 0. The zero-order chi connectivity index (χ0) is 13.0. The van der Waals surface area contributed by atoms with Gasteiger partial charge in [0.1, 0.15) is 5.69 Å². The first-order valence-electron chi connectivity index (χ1n) is 6.23. The number of thiazole rings is 1. The van der Waals surface area contributed by atoms with Crippen molar-refractivity contribution in [3.63, 3.8) is 0 Å². The molecule has 4 nitrogen and oxygen atoms in total. The molecule has 0 aliphatic rings. The molecule has 2 aromatic rings. The fourth-order valence-electron chi connectivity index (χ4n) is 1.61. The molecule has 0 bridgehead atoms. The Kier molecular flexibility index (Phi) is 4.49. The van der Waals surface area contributed by atoms with Crippen LogP contribution in [-0.4, -0.2) is 23.1 Å². The van der Waals surface area contributed by atoms with Gasteiger partial charge in [-0.2, -0.15) is 0 Å². The van der Waals surface area contributed by atoms with Crippen LogP contribution in [0.1, 0.15) is 24.7 Å². The van der Waals surface area contributed by atoms with Crippen LogP contribution in [0.5, 0.6) is 0 Å². The van der Waals surface area contributed by atoms with Crippen molar-refractivity contribution in [2.45, 2.75) is 27.2 Å². The lowest BCUT2D eigenvalue weighted by Gasteiger charge is -2.05. The predicted molar refractivity (Wildman–Crippen MR) is 73.8 cm³/mol. The van der Waals surface area contributed by atoms with E-state index in [0.29, 0.717) is 5.92 Å². The molecule has 0 aliphatic heterocycles. The van der Waals surface area contributed by atoms with Crippen LogP contribution in [0.25, 0.3) is 11.5 Å². The Bertz CT molecular complexity index is 490. The zero-order valence-electron chi connectivity index (χ0n) is 11.1. The average molecular weight is 265 g/mol. The number of rotatable bonds is 6. The Labute approximate surface area is 111 Å². The molecule has 2 aromatic heterocycles. The normalized spacial score (nSPS) is 11.3. The van der Waals surface area contributed by atoms with Crippen LogP contribution in [0.15, 0.2) is 16.0 Å². The van der Waals surface area contributed by atoms with Crippen molar-refractivity contribution in [2.75, 3.05) is 13.1 Å². The first kappa shape index (κ1) is 13.2. The van der Waals surface area contributed by atoms with E-state index in [1.165, 1.54) is 0 Å². The second kappa shape index (κ2) is 6.11. The van der Waals surface area contributed by atoms with Crippen molar-refractivity contribution in [3.05, 3.63) is 22.5 Å². The summed E-state index contributed by atoms with van der Waals surface area (Å²) >= 11 is 1.62. The zero-order valence-corrected chi connectivity index (χ0v) is 11.9. The van der Waals surface area contributed by atoms with Gasteiger partial charge in [-0.25, -0.2) is 9.97 Å². The summed E-state index contributed by atoms with van der Waals surface area (Å²) in [7, 11) is 0. The lowest BCUT2D eigenvalue weighted by Crippen LogP contribution is -2.22. The van der Waals surface area contributed by atoms with E-state index >= 15 is 0 Å². The van der Waals surface area contributed by atoms with E-state index in [4.69, 9.17) is 4.42 Å². The van der Waals surface area contributed by atoms with Crippen LogP contribution >= 0.6 is 11.3 Å². The summed E-state index contributed by atoms with van der Waals surface area (Å²) in [5.74, 6) is 2.20. The molecule has 1 N–H and O–H groups in total. The van der Waals surface area contributed by atoms with Gasteiger partial charge in [-0.05, 0) is 19.4 Å². The van der Waals surface area contributed by atoms with Crippen LogP contribution in [0.2, 0.25) is 0 Å². The second-order valence-corrected chi connectivity index (χ2v) is 5.78. The van der Waals surface area contributed by atoms with E-state index in [2.05, 4.69) is 29.1 Å². The maximum atomic E-state index is 5.68. The summed E-state index contributed by atoms with van der Waals surface area (Å²) in [5, 5.41) is 6.41. The van der Waals surface area contributed by atoms with Crippen LogP contribution < -0.4 is 5.32 Å². The van der Waals surface area contributed by atoms with Crippen molar-refractivity contribution in [3.8, 4) is 11.5 Å². The van der Waals surface area contributed by atoms with Gasteiger partial charge in [-0.1, -0.05) is 13.8 Å². The summed E-state index contributed by atoms with van der Waals surface area (Å²) in [5.41, 5.74) is 0.881. The lowest BCUT2D eigenvalue weighted by atomic mass is 10.2. The van der Waals surface area contributed by atoms with Gasteiger partial charge in [0.05, 0.1) is 11.2 Å². The molecule has 98 valence electrons. The van der Waals surface area contributed by atoms with Crippen molar-refractivity contribution in [1.82, 2.24) is 15.3 Å². The van der Waals surface area contributed by atoms with E-state index < -0.39 is 0 Å². The van der Waals surface area contributed by atoms with Gasteiger partial charge in [0.2, 0.25) is 0 Å². The summed E-state index contributed by atoms with van der Waals surface area (Å²) < 4.78 is 5.68. The Hall–Kier alpha value is -1.20. The highest BCUT2D eigenvalue weighted by Gasteiger charge is 2.08. The largest absolute Gasteiger partial charge is 0.439 e. The summed E-state index contributed by atoms with van der Waals surface area (Å²) in [6.45, 7) is 8.30. The van der Waals surface area contributed by atoms with Crippen molar-refractivity contribution < 1.29 is 4.42 Å². The van der Waals surface area contributed by atoms with Gasteiger partial charge in [-0.3, -0.25) is 0 Å². The topological polar surface area (TPSA) is 51.0 Å². The maximum Gasteiger partial charge on any atom is 0.196 e. The first-order chi connectivity index (χ1) is 8.65. The number of hydrogen-bond acceptors (Lipinski definition) is 5. The second-order valence-electron chi connectivity index (χ2n) is 4.72. The van der Waals surface area contributed by atoms with Gasteiger partial charge in [0, 0.05) is 18.3 Å². The molecule has 0 fully saturated rings. The SMILES string of the molecule is Cc1nc(-c2cnc(CCNCC(C)C)o2)cs1. The number of aryl methyl sites for hydroxylation is 1. The third kappa shape index (κ3) is 3.65. The summed E-state index contributed by atoms with van der Waals surface area (Å²) in [4.78, 5) is 8.66. The Morgan fingerprint density at radius 3 is 2.94 bits per heavy atom. The van der Waals surface area contributed by atoms with Crippen LogP contribution in [0, 0.1) is 12.8 Å². The number of nitrogens with one attached hydrogen (secondary N) is 1. The van der Waals surface area contributed by atoms with E-state index in [1.807, 2.05) is 12.3 Å². The minimum atomic E-state index is 0.670. The molecule has 0 amide bonds. The minimum absolute atomic E-state index is 0.670. The monoisotopic (exact) mass is 265 g/mol. The Morgan fingerprint density at radius 1 is 1.44 bits per heavy atom. The molecule has 18 heavy (non-hydrogen) atoms. The quantitative estimate of drug-likeness (QED) is 0.816. The standard InChI is InChI=1S/C13H19N3OS/c1-9(2)6-14-5-4-13-15-7-12(17-13)11-8-18-10(3)16-11/h7-9,14H,4-6H2,1-3H3. The van der Waals surface area contributed by atoms with E-state index in [0.717, 1.165) is 41.9 Å². The number of nitrogens with zero attached hydrogens (tertiary/aromatic N) is 2. The Morgan fingerprint density at radius 2 is 2.28 bits per heavy atom. The first-order valence-corrected chi connectivity index (χ1v) is 7.11. The minimum Gasteiger partial charge on any atom is -0.439 e. The highest BCUT2D eigenvalue weighted by Crippen LogP contribution is 2.22. The fourth-order valence-corrected chi connectivity index (χ4v) is 2.21. The molecule has 0 atom stereocenters. The lowest BCUT2D eigenvalue weighted by molar-refractivity contribution is 0.482. The van der Waals surface area contributed by atoms with Crippen LogP contribution in [0.3, 0.4) is 0 Å². The summed E-state index contributed by atoms with van der Waals surface area (Å²) in [6.07, 6.45) is 2.57. The maximum absolute atomic E-state index is 5.68. The van der Waals surface area contributed by atoms with E-state index in [-0.39, 0.29) is 0 Å². The van der Waals surface area contributed by atoms with E-state index in [9.17, 15) is 0 Å². The Balaban J connectivity index is 1.86. The molecular formula is C13H19N3OS. The molecule has 0 saturated carbocycles. The number of aromatic nitrogens is 2. The van der Waals surface area contributed by atoms with Crippen LogP contribution in [-0.2, 0) is 6.42 Å². The van der Waals surface area contributed by atoms with Crippen LogP contribution in [0.4, 0.5) is 0 Å². The van der Waals surface area contributed by atoms with E-state index in [1.54, 1.807) is 17.5 Å². The van der Waals surface area contributed by atoms with Gasteiger partial charge < -0.3 is 9.73 Å². The molecule has 0 saturated heterocycles. The molecule has 0 aromatic carbocycles. The van der Waals surface area contributed by atoms with Gasteiger partial charge >= 0.3 is 0 Å². The van der Waals surface area contributed by atoms with Gasteiger partial charge in [0.25, 0.3) is 0 Å². The molecule has 2 rings (SSSR count). The molecule has 2 heterocycles. The predicted octanol–water partition coefficient (Wildman–Crippen LogP) is 2.89. The van der Waals surface area contributed by atoms with Crippen molar-refractivity contribution in [1.29, 1.82) is 0 Å². The third-order valence-corrected chi connectivity index (χ3v) is 3.27. The molecule has 0 unspecified atom stereocenters. The number of hydrogen-bond donors (Lipinski definition) is 1. The highest BCUT2D eigenvalue weighted by atomic mass is 32.1. The number of oxazole rings is 1. The average Bonchev–Trinajstić information content (AvgIpc) is 2.93. The molecule has 0 spiro atoms. The fraction of sp³-hybridized carbons (Fsp3) is 0.538. The molecular weight excluding hydrogens is 246 g/mol. The molecule has 0 aliphatic carbocycles. The third-order valence-electron chi connectivity index (χ3n) is 2.49. The molecule has 5 heteroatoms. The van der Waals surface area contributed by atoms with Gasteiger partial charge in [-0.15, -0.1) is 11.3 Å². The highest BCUT2D eigenvalue weighted by molar-refractivity contribution is 7.09. The smallest absolute Gasteiger partial charge is 0.196 e. The molecule has 0 radical (unpaired) electrons. The van der Waals surface area contributed by atoms with Crippen molar-refractivity contribution >= 4 is 11.3 Å². The van der Waals surface area contributed by atoms with Crippen molar-refractivity contribution in [2.24, 2.45) is 5.92 Å².